The van der Waals surface area contributed by atoms with Crippen LogP contribution in [0.25, 0.3) is 0 Å². The van der Waals surface area contributed by atoms with Crippen molar-refractivity contribution < 1.29 is 4.79 Å². The highest BCUT2D eigenvalue weighted by Gasteiger charge is 2.18. The van der Waals surface area contributed by atoms with Gasteiger partial charge in [0.2, 0.25) is 5.91 Å². The zero-order chi connectivity index (χ0) is 20.8. The van der Waals surface area contributed by atoms with Crippen LogP contribution < -0.4 is 17.1 Å². The average Bonchev–Trinajstić information content (AvgIpc) is 2.67. The Hall–Kier alpha value is -3.42. The zero-order valence-electron chi connectivity index (χ0n) is 16.1. The highest BCUT2D eigenvalue weighted by Crippen LogP contribution is 2.09. The van der Waals surface area contributed by atoms with Crippen molar-refractivity contribution in [2.24, 2.45) is 0 Å². The average molecular weight is 384 g/mol. The van der Waals surface area contributed by atoms with E-state index in [-0.39, 0.29) is 13.1 Å². The predicted octanol–water partition coefficient (Wildman–Crippen LogP) is 0.511. The van der Waals surface area contributed by atoms with Gasteiger partial charge in [0.25, 0.3) is 0 Å². The van der Waals surface area contributed by atoms with Gasteiger partial charge in [0.1, 0.15) is 6.54 Å². The number of amides is 1. The standard InChI is InChI=1S/C20H24N4O4/c1-5-11-22-18(26)23(12-6-2)20(28)24(19(22)27)14-17(25)21(4)13-16-10-8-7-9-15(16)3/h5-10H,1-2,11-14H2,3-4H3. The Labute approximate surface area is 162 Å². The van der Waals surface area contributed by atoms with Gasteiger partial charge in [0, 0.05) is 13.6 Å². The van der Waals surface area contributed by atoms with E-state index in [2.05, 4.69) is 13.2 Å². The van der Waals surface area contributed by atoms with Crippen molar-refractivity contribution in [3.05, 3.63) is 92.2 Å². The summed E-state index contributed by atoms with van der Waals surface area (Å²) in [7, 11) is 1.60. The molecule has 0 radical (unpaired) electrons. The van der Waals surface area contributed by atoms with Gasteiger partial charge in [-0.2, -0.15) is 0 Å². The Morgan fingerprint density at radius 1 is 0.964 bits per heavy atom. The second-order valence-electron chi connectivity index (χ2n) is 6.41. The van der Waals surface area contributed by atoms with Gasteiger partial charge in [-0.25, -0.2) is 28.1 Å². The molecule has 2 aromatic rings. The lowest BCUT2D eigenvalue weighted by molar-refractivity contribution is -0.131. The minimum absolute atomic E-state index is 0.0671. The summed E-state index contributed by atoms with van der Waals surface area (Å²) >= 11 is 0. The summed E-state index contributed by atoms with van der Waals surface area (Å²) in [5.74, 6) is -0.420. The molecule has 0 atom stereocenters. The lowest BCUT2D eigenvalue weighted by atomic mass is 10.1. The first kappa shape index (κ1) is 20.9. The fourth-order valence-corrected chi connectivity index (χ4v) is 2.78. The van der Waals surface area contributed by atoms with E-state index in [4.69, 9.17) is 0 Å². The lowest BCUT2D eigenvalue weighted by Gasteiger charge is -2.19. The summed E-state index contributed by atoms with van der Waals surface area (Å²) in [6.45, 7) is 8.72. The molecule has 0 aliphatic rings. The molecule has 1 aromatic heterocycles. The molecule has 0 aliphatic carbocycles. The Morgan fingerprint density at radius 3 is 1.96 bits per heavy atom. The predicted molar refractivity (Wildman–Crippen MR) is 107 cm³/mol. The summed E-state index contributed by atoms with van der Waals surface area (Å²) < 4.78 is 2.50. The largest absolute Gasteiger partial charge is 0.340 e. The number of benzene rings is 1. The highest BCUT2D eigenvalue weighted by molar-refractivity contribution is 5.75. The molecule has 1 amide bonds. The summed E-state index contributed by atoms with van der Waals surface area (Å²) in [6.07, 6.45) is 2.75. The van der Waals surface area contributed by atoms with Gasteiger partial charge in [0.15, 0.2) is 0 Å². The van der Waals surface area contributed by atoms with E-state index in [0.29, 0.717) is 6.54 Å². The number of aromatic nitrogens is 3. The van der Waals surface area contributed by atoms with Crippen LogP contribution in [0.5, 0.6) is 0 Å². The Balaban J connectivity index is 2.40. The minimum Gasteiger partial charge on any atom is -0.340 e. The third-order valence-corrected chi connectivity index (χ3v) is 4.40. The smallest absolute Gasteiger partial charge is 0.337 e. The van der Waals surface area contributed by atoms with Gasteiger partial charge in [-0.3, -0.25) is 4.79 Å². The van der Waals surface area contributed by atoms with E-state index < -0.39 is 29.5 Å². The number of carbonyl (C=O) groups is 1. The van der Waals surface area contributed by atoms with Crippen LogP contribution in [0, 0.1) is 6.92 Å². The maximum atomic E-state index is 12.6. The van der Waals surface area contributed by atoms with Gasteiger partial charge in [-0.05, 0) is 18.1 Å². The third-order valence-electron chi connectivity index (χ3n) is 4.40. The molecule has 148 valence electrons. The molecule has 0 fully saturated rings. The van der Waals surface area contributed by atoms with Crippen LogP contribution in [0.1, 0.15) is 11.1 Å². The quantitative estimate of drug-likeness (QED) is 0.621. The molecule has 8 heteroatoms. The van der Waals surface area contributed by atoms with Crippen LogP contribution in [0.2, 0.25) is 0 Å². The maximum absolute atomic E-state index is 12.6. The first-order valence-corrected chi connectivity index (χ1v) is 8.76. The normalized spacial score (nSPS) is 10.5. The first-order valence-electron chi connectivity index (χ1n) is 8.76. The fraction of sp³-hybridized carbons (Fsp3) is 0.300. The molecule has 0 bridgehead atoms. The van der Waals surface area contributed by atoms with Crippen LogP contribution in [-0.4, -0.2) is 31.6 Å². The number of likely N-dealkylation sites (N-methyl/N-ethyl adjacent to an activating group) is 1. The molecule has 0 aliphatic heterocycles. The topological polar surface area (TPSA) is 86.3 Å². The number of rotatable bonds is 8. The van der Waals surface area contributed by atoms with Crippen molar-refractivity contribution in [2.75, 3.05) is 7.05 Å². The molecule has 8 nitrogen and oxygen atoms in total. The minimum atomic E-state index is -0.840. The molecule has 1 aromatic carbocycles. The number of carbonyl (C=O) groups excluding carboxylic acids is 1. The Kier molecular flexibility index (Phi) is 6.70. The maximum Gasteiger partial charge on any atom is 0.337 e. The Bertz CT molecular complexity index is 1030. The molecule has 0 saturated carbocycles. The van der Waals surface area contributed by atoms with Crippen molar-refractivity contribution >= 4 is 5.91 Å². The fourth-order valence-electron chi connectivity index (χ4n) is 2.78. The summed E-state index contributed by atoms with van der Waals surface area (Å²) in [6, 6.07) is 7.64. The molecule has 0 spiro atoms. The van der Waals surface area contributed by atoms with Crippen LogP contribution in [0.3, 0.4) is 0 Å². The number of hydrogen-bond donors (Lipinski definition) is 0. The van der Waals surface area contributed by atoms with E-state index in [9.17, 15) is 19.2 Å². The van der Waals surface area contributed by atoms with E-state index >= 15 is 0 Å². The SMILES string of the molecule is C=CCn1c(=O)n(CC=C)c(=O)n(CC(=O)N(C)Cc2ccccc2C)c1=O. The van der Waals surface area contributed by atoms with Crippen LogP contribution in [-0.2, 0) is 31.0 Å². The summed E-state index contributed by atoms with van der Waals surface area (Å²) in [5, 5.41) is 0. The van der Waals surface area contributed by atoms with Gasteiger partial charge < -0.3 is 4.90 Å². The number of nitrogens with zero attached hydrogens (tertiary/aromatic N) is 4. The summed E-state index contributed by atoms with van der Waals surface area (Å²) in [5.41, 5.74) is -0.439. The van der Waals surface area contributed by atoms with E-state index in [0.717, 1.165) is 24.8 Å². The van der Waals surface area contributed by atoms with Crippen LogP contribution >= 0.6 is 0 Å². The molecule has 28 heavy (non-hydrogen) atoms. The Morgan fingerprint density at radius 2 is 1.46 bits per heavy atom. The summed E-state index contributed by atoms with van der Waals surface area (Å²) in [4.78, 5) is 51.6. The highest BCUT2D eigenvalue weighted by atomic mass is 16.2. The molecule has 0 unspecified atom stereocenters. The van der Waals surface area contributed by atoms with Crippen LogP contribution in [0.4, 0.5) is 0 Å². The second-order valence-corrected chi connectivity index (χ2v) is 6.41. The van der Waals surface area contributed by atoms with E-state index in [1.807, 2.05) is 31.2 Å². The number of hydrogen-bond acceptors (Lipinski definition) is 4. The van der Waals surface area contributed by atoms with Gasteiger partial charge in [-0.15, -0.1) is 13.2 Å². The van der Waals surface area contributed by atoms with E-state index in [1.54, 1.807) is 7.05 Å². The van der Waals surface area contributed by atoms with Crippen molar-refractivity contribution in [3.8, 4) is 0 Å². The molecule has 1 heterocycles. The zero-order valence-corrected chi connectivity index (χ0v) is 16.1. The lowest BCUT2D eigenvalue weighted by Crippen LogP contribution is -2.55. The molecule has 2 rings (SSSR count). The molecular formula is C20H24N4O4. The third kappa shape index (κ3) is 4.28. The molecular weight excluding hydrogens is 360 g/mol. The second kappa shape index (κ2) is 8.98. The van der Waals surface area contributed by atoms with Crippen LogP contribution in [0.15, 0.2) is 64.0 Å². The van der Waals surface area contributed by atoms with Gasteiger partial charge in [-0.1, -0.05) is 36.4 Å². The molecule has 0 N–H and O–H groups in total. The van der Waals surface area contributed by atoms with Crippen molar-refractivity contribution in [1.29, 1.82) is 0 Å². The van der Waals surface area contributed by atoms with Crippen molar-refractivity contribution in [2.45, 2.75) is 33.1 Å². The number of allylic oxidation sites excluding steroid dienone is 2. The van der Waals surface area contributed by atoms with Crippen molar-refractivity contribution in [1.82, 2.24) is 18.6 Å². The monoisotopic (exact) mass is 384 g/mol. The van der Waals surface area contributed by atoms with Gasteiger partial charge >= 0.3 is 17.1 Å². The van der Waals surface area contributed by atoms with E-state index in [1.165, 1.54) is 17.1 Å². The first-order chi connectivity index (χ1) is 13.3. The number of aryl methyl sites for hydroxylation is 1. The van der Waals surface area contributed by atoms with Crippen molar-refractivity contribution in [3.63, 3.8) is 0 Å². The van der Waals surface area contributed by atoms with Gasteiger partial charge in [0.05, 0.1) is 13.1 Å². The molecule has 0 saturated heterocycles.